The Kier molecular flexibility index (Phi) is 5.05. The van der Waals surface area contributed by atoms with Crippen molar-refractivity contribution in [1.29, 1.82) is 0 Å². The number of benzene rings is 1. The van der Waals surface area contributed by atoms with Crippen LogP contribution in [0.5, 0.6) is 0 Å². The van der Waals surface area contributed by atoms with E-state index in [1.54, 1.807) is 18.2 Å². The van der Waals surface area contributed by atoms with Gasteiger partial charge in [-0.3, -0.25) is 4.79 Å². The van der Waals surface area contributed by atoms with E-state index < -0.39 is 5.91 Å². The standard InChI is InChI=1S/C13H12BrN3O3S/c1-19-6-8-5-11(17-20-8)13(18)16-10-3-2-7(14)4-9(10)12(15)21/h2-5H,6H2,1H3,(H2,15,21)(H,16,18). The van der Waals surface area contributed by atoms with E-state index >= 15 is 0 Å². The Hall–Kier alpha value is -1.77. The Morgan fingerprint density at radius 1 is 1.52 bits per heavy atom. The lowest BCUT2D eigenvalue weighted by atomic mass is 10.1. The molecule has 0 bridgehead atoms. The summed E-state index contributed by atoms with van der Waals surface area (Å²) < 4.78 is 10.7. The van der Waals surface area contributed by atoms with Crippen LogP contribution in [0.4, 0.5) is 5.69 Å². The number of hydrogen-bond acceptors (Lipinski definition) is 5. The Bertz CT molecular complexity index is 687. The highest BCUT2D eigenvalue weighted by molar-refractivity contribution is 9.10. The summed E-state index contributed by atoms with van der Waals surface area (Å²) in [6.07, 6.45) is 0. The molecule has 1 aromatic heterocycles. The van der Waals surface area contributed by atoms with Gasteiger partial charge in [0, 0.05) is 23.2 Å². The molecule has 1 aromatic carbocycles. The molecule has 0 aliphatic carbocycles. The molecule has 0 radical (unpaired) electrons. The number of aromatic nitrogens is 1. The highest BCUT2D eigenvalue weighted by Gasteiger charge is 2.15. The minimum absolute atomic E-state index is 0.152. The van der Waals surface area contributed by atoms with E-state index in [4.69, 9.17) is 27.2 Å². The number of nitrogens with one attached hydrogen (secondary N) is 1. The van der Waals surface area contributed by atoms with Crippen molar-refractivity contribution in [2.45, 2.75) is 6.61 Å². The van der Waals surface area contributed by atoms with Crippen molar-refractivity contribution in [3.05, 3.63) is 45.8 Å². The molecular weight excluding hydrogens is 358 g/mol. The monoisotopic (exact) mass is 369 g/mol. The molecule has 6 nitrogen and oxygen atoms in total. The van der Waals surface area contributed by atoms with Crippen LogP contribution in [-0.4, -0.2) is 23.2 Å². The molecule has 21 heavy (non-hydrogen) atoms. The van der Waals surface area contributed by atoms with Crippen LogP contribution in [-0.2, 0) is 11.3 Å². The molecule has 1 heterocycles. The number of ether oxygens (including phenoxy) is 1. The van der Waals surface area contributed by atoms with Crippen molar-refractivity contribution in [3.8, 4) is 0 Å². The first-order valence-electron chi connectivity index (χ1n) is 5.86. The van der Waals surface area contributed by atoms with Gasteiger partial charge in [-0.05, 0) is 18.2 Å². The fourth-order valence-electron chi connectivity index (χ4n) is 1.65. The maximum absolute atomic E-state index is 12.1. The SMILES string of the molecule is COCc1cc(C(=O)Nc2ccc(Br)cc2C(N)=S)no1. The van der Waals surface area contributed by atoms with Gasteiger partial charge in [0.1, 0.15) is 11.6 Å². The first kappa shape index (κ1) is 15.6. The van der Waals surface area contributed by atoms with Gasteiger partial charge >= 0.3 is 0 Å². The molecule has 0 aliphatic heterocycles. The third-order valence-corrected chi connectivity index (χ3v) is 3.29. The van der Waals surface area contributed by atoms with Gasteiger partial charge in [0.15, 0.2) is 11.5 Å². The quantitative estimate of drug-likeness (QED) is 0.786. The maximum Gasteiger partial charge on any atom is 0.277 e. The number of carbonyl (C=O) groups is 1. The van der Waals surface area contributed by atoms with Crippen LogP contribution in [0.1, 0.15) is 21.8 Å². The second-order valence-electron chi connectivity index (χ2n) is 4.12. The zero-order valence-electron chi connectivity index (χ0n) is 11.1. The van der Waals surface area contributed by atoms with E-state index in [9.17, 15) is 4.79 Å². The van der Waals surface area contributed by atoms with E-state index in [0.717, 1.165) is 4.47 Å². The van der Waals surface area contributed by atoms with Crippen LogP contribution >= 0.6 is 28.1 Å². The van der Waals surface area contributed by atoms with Gasteiger partial charge in [0.05, 0.1) is 5.69 Å². The average Bonchev–Trinajstić information content (AvgIpc) is 2.89. The van der Waals surface area contributed by atoms with Crippen molar-refractivity contribution in [3.63, 3.8) is 0 Å². The van der Waals surface area contributed by atoms with Crippen LogP contribution in [0.3, 0.4) is 0 Å². The van der Waals surface area contributed by atoms with Crippen LogP contribution in [0.15, 0.2) is 33.3 Å². The van der Waals surface area contributed by atoms with E-state index in [-0.39, 0.29) is 17.3 Å². The molecule has 2 aromatic rings. The van der Waals surface area contributed by atoms with Gasteiger partial charge in [0.25, 0.3) is 5.91 Å². The van der Waals surface area contributed by atoms with Gasteiger partial charge in [-0.2, -0.15) is 0 Å². The number of methoxy groups -OCH3 is 1. The minimum atomic E-state index is -0.416. The Balaban J connectivity index is 2.20. The summed E-state index contributed by atoms with van der Waals surface area (Å²) in [6, 6.07) is 6.72. The smallest absolute Gasteiger partial charge is 0.277 e. The van der Waals surface area contributed by atoms with Crippen LogP contribution in [0, 0.1) is 0 Å². The number of nitrogens with two attached hydrogens (primary N) is 1. The molecule has 0 atom stereocenters. The number of hydrogen-bond donors (Lipinski definition) is 2. The summed E-state index contributed by atoms with van der Waals surface area (Å²) in [6.45, 7) is 0.247. The van der Waals surface area contributed by atoms with E-state index in [0.29, 0.717) is 17.0 Å². The lowest BCUT2D eigenvalue weighted by Gasteiger charge is -2.09. The number of anilines is 1. The largest absolute Gasteiger partial charge is 0.389 e. The van der Waals surface area contributed by atoms with E-state index in [2.05, 4.69) is 26.4 Å². The summed E-state index contributed by atoms with van der Waals surface area (Å²) in [4.78, 5) is 12.3. The molecule has 0 spiro atoms. The zero-order chi connectivity index (χ0) is 15.4. The minimum Gasteiger partial charge on any atom is -0.389 e. The fraction of sp³-hybridized carbons (Fsp3) is 0.154. The molecule has 8 heteroatoms. The zero-order valence-corrected chi connectivity index (χ0v) is 13.5. The first-order chi connectivity index (χ1) is 10.0. The summed E-state index contributed by atoms with van der Waals surface area (Å²) in [5, 5.41) is 6.38. The number of thiocarbonyl (C=S) groups is 1. The third-order valence-electron chi connectivity index (χ3n) is 2.57. The summed E-state index contributed by atoms with van der Waals surface area (Å²) in [7, 11) is 1.53. The topological polar surface area (TPSA) is 90.4 Å². The van der Waals surface area contributed by atoms with Gasteiger partial charge < -0.3 is 20.3 Å². The van der Waals surface area contributed by atoms with E-state index in [1.165, 1.54) is 13.2 Å². The van der Waals surface area contributed by atoms with Crippen molar-refractivity contribution in [2.24, 2.45) is 5.73 Å². The highest BCUT2D eigenvalue weighted by atomic mass is 79.9. The van der Waals surface area contributed by atoms with Gasteiger partial charge in [-0.15, -0.1) is 0 Å². The van der Waals surface area contributed by atoms with Crippen LogP contribution in [0.25, 0.3) is 0 Å². The number of halogens is 1. The highest BCUT2D eigenvalue weighted by Crippen LogP contribution is 2.21. The number of nitrogens with zero attached hydrogens (tertiary/aromatic N) is 1. The van der Waals surface area contributed by atoms with Crippen LogP contribution < -0.4 is 11.1 Å². The molecule has 1 amide bonds. The second kappa shape index (κ2) is 6.79. The van der Waals surface area contributed by atoms with Gasteiger partial charge in [-0.25, -0.2) is 0 Å². The predicted octanol–water partition coefficient (Wildman–Crippen LogP) is 2.47. The maximum atomic E-state index is 12.1. The van der Waals surface area contributed by atoms with Crippen molar-refractivity contribution < 1.29 is 14.1 Å². The van der Waals surface area contributed by atoms with Crippen molar-refractivity contribution in [1.82, 2.24) is 5.16 Å². The summed E-state index contributed by atoms with van der Waals surface area (Å²) >= 11 is 8.30. The normalized spacial score (nSPS) is 10.4. The number of carbonyl (C=O) groups excluding carboxylic acids is 1. The van der Waals surface area contributed by atoms with E-state index in [1.807, 2.05) is 0 Å². The average molecular weight is 370 g/mol. The Labute approximate surface area is 134 Å². The summed E-state index contributed by atoms with van der Waals surface area (Å²) in [5.41, 5.74) is 6.87. The molecule has 2 rings (SSSR count). The number of amides is 1. The molecule has 0 unspecified atom stereocenters. The van der Waals surface area contributed by atoms with Crippen LogP contribution in [0.2, 0.25) is 0 Å². The molecule has 0 fully saturated rings. The third kappa shape index (κ3) is 3.87. The molecule has 0 saturated carbocycles. The summed E-state index contributed by atoms with van der Waals surface area (Å²) in [5.74, 6) is 0.0500. The van der Waals surface area contributed by atoms with Gasteiger partial charge in [0.2, 0.25) is 0 Å². The fourth-order valence-corrected chi connectivity index (χ4v) is 2.18. The number of rotatable bonds is 5. The Morgan fingerprint density at radius 2 is 2.29 bits per heavy atom. The lowest BCUT2D eigenvalue weighted by molar-refractivity contribution is 0.101. The molecule has 110 valence electrons. The second-order valence-corrected chi connectivity index (χ2v) is 5.48. The first-order valence-corrected chi connectivity index (χ1v) is 7.06. The Morgan fingerprint density at radius 3 is 2.95 bits per heavy atom. The van der Waals surface area contributed by atoms with Gasteiger partial charge in [-0.1, -0.05) is 33.3 Å². The molecule has 0 aliphatic rings. The molecule has 3 N–H and O–H groups in total. The van der Waals surface area contributed by atoms with Crippen molar-refractivity contribution in [2.75, 3.05) is 12.4 Å². The predicted molar refractivity (Wildman–Crippen MR) is 85.2 cm³/mol. The molecular formula is C13H12BrN3O3S. The lowest BCUT2D eigenvalue weighted by Crippen LogP contribution is -2.17. The van der Waals surface area contributed by atoms with Crippen molar-refractivity contribution >= 4 is 44.7 Å². The molecule has 0 saturated heterocycles.